The topological polar surface area (TPSA) is 33.6 Å². The molecule has 3 nitrogen and oxygen atoms in total. The number of nitrogens with zero attached hydrogens (tertiary/aromatic N) is 1. The maximum Gasteiger partial charge on any atom is 0.220 e. The van der Waals surface area contributed by atoms with Crippen molar-refractivity contribution < 1.29 is 4.74 Å². The number of benzene rings is 2. The van der Waals surface area contributed by atoms with Crippen LogP contribution in [0.4, 0.5) is 5.69 Å². The quantitative estimate of drug-likeness (QED) is 0.827. The summed E-state index contributed by atoms with van der Waals surface area (Å²) in [4.78, 5) is 4.60. The van der Waals surface area contributed by atoms with Gasteiger partial charge in [0.25, 0.3) is 0 Å². The summed E-state index contributed by atoms with van der Waals surface area (Å²) in [7, 11) is 1.66. The van der Waals surface area contributed by atoms with Crippen LogP contribution < -0.4 is 5.32 Å². The fourth-order valence-corrected chi connectivity index (χ4v) is 2.12. The zero-order valence-corrected chi connectivity index (χ0v) is 10.1. The average molecular weight is 238 g/mol. The standard InChI is InChI=1S/C15H14N2O/c1-18-15-12-9-5-6-10-13(12)16-14(17-15)11-7-3-2-4-8-11/h2-10,14,16H,1H3. The second-order valence-electron chi connectivity index (χ2n) is 4.14. The Kier molecular flexibility index (Phi) is 2.73. The van der Waals surface area contributed by atoms with E-state index in [0.29, 0.717) is 5.90 Å². The molecule has 0 bridgehead atoms. The smallest absolute Gasteiger partial charge is 0.220 e. The Morgan fingerprint density at radius 2 is 1.72 bits per heavy atom. The van der Waals surface area contributed by atoms with Gasteiger partial charge in [0, 0.05) is 5.69 Å². The average Bonchev–Trinajstić information content (AvgIpc) is 2.47. The lowest BCUT2D eigenvalue weighted by molar-refractivity contribution is 0.398. The predicted octanol–water partition coefficient (Wildman–Crippen LogP) is 3.20. The molecule has 0 fully saturated rings. The van der Waals surface area contributed by atoms with Crippen molar-refractivity contribution in [1.82, 2.24) is 0 Å². The summed E-state index contributed by atoms with van der Waals surface area (Å²) < 4.78 is 5.38. The third kappa shape index (κ3) is 1.84. The molecule has 0 radical (unpaired) electrons. The molecule has 18 heavy (non-hydrogen) atoms. The van der Waals surface area contributed by atoms with Crippen LogP contribution >= 0.6 is 0 Å². The van der Waals surface area contributed by atoms with Crippen LogP contribution in [0.5, 0.6) is 0 Å². The Hall–Kier alpha value is -2.29. The normalized spacial score (nSPS) is 17.4. The van der Waals surface area contributed by atoms with E-state index in [-0.39, 0.29) is 6.17 Å². The predicted molar refractivity (Wildman–Crippen MR) is 72.8 cm³/mol. The largest absolute Gasteiger partial charge is 0.481 e. The summed E-state index contributed by atoms with van der Waals surface area (Å²) in [5.74, 6) is 0.679. The minimum Gasteiger partial charge on any atom is -0.481 e. The van der Waals surface area contributed by atoms with Gasteiger partial charge in [-0.25, -0.2) is 4.99 Å². The van der Waals surface area contributed by atoms with E-state index in [4.69, 9.17) is 4.74 Å². The van der Waals surface area contributed by atoms with Gasteiger partial charge in [-0.2, -0.15) is 0 Å². The number of hydrogen-bond donors (Lipinski definition) is 1. The van der Waals surface area contributed by atoms with Crippen molar-refractivity contribution in [3.8, 4) is 0 Å². The summed E-state index contributed by atoms with van der Waals surface area (Å²) in [6.07, 6.45) is -0.0870. The second-order valence-corrected chi connectivity index (χ2v) is 4.14. The molecule has 3 rings (SSSR count). The maximum atomic E-state index is 5.38. The second kappa shape index (κ2) is 4.53. The summed E-state index contributed by atoms with van der Waals surface area (Å²) in [6, 6.07) is 18.2. The Morgan fingerprint density at radius 1 is 1.00 bits per heavy atom. The Bertz CT molecular complexity index is 578. The summed E-state index contributed by atoms with van der Waals surface area (Å²) >= 11 is 0. The van der Waals surface area contributed by atoms with Crippen molar-refractivity contribution in [3.05, 3.63) is 65.7 Å². The molecule has 0 amide bonds. The zero-order chi connectivity index (χ0) is 12.4. The molecule has 0 aromatic heterocycles. The Balaban J connectivity index is 2.03. The van der Waals surface area contributed by atoms with E-state index in [0.717, 1.165) is 16.8 Å². The number of rotatable bonds is 1. The van der Waals surface area contributed by atoms with Crippen LogP contribution in [-0.4, -0.2) is 13.0 Å². The van der Waals surface area contributed by atoms with Crippen LogP contribution in [0.3, 0.4) is 0 Å². The lowest BCUT2D eigenvalue weighted by atomic mass is 10.1. The lowest BCUT2D eigenvalue weighted by Gasteiger charge is -2.24. The summed E-state index contributed by atoms with van der Waals surface area (Å²) in [6.45, 7) is 0. The van der Waals surface area contributed by atoms with Gasteiger partial charge in [-0.15, -0.1) is 0 Å². The Labute approximate surface area is 106 Å². The number of aliphatic imine (C=N–C) groups is 1. The van der Waals surface area contributed by atoms with Crippen molar-refractivity contribution in [1.29, 1.82) is 0 Å². The van der Waals surface area contributed by atoms with Gasteiger partial charge >= 0.3 is 0 Å². The van der Waals surface area contributed by atoms with E-state index in [1.807, 2.05) is 42.5 Å². The number of methoxy groups -OCH3 is 1. The van der Waals surface area contributed by atoms with Gasteiger partial charge in [-0.3, -0.25) is 0 Å². The molecule has 1 aliphatic rings. The maximum absolute atomic E-state index is 5.38. The van der Waals surface area contributed by atoms with Gasteiger partial charge in [0.05, 0.1) is 12.7 Å². The van der Waals surface area contributed by atoms with E-state index in [2.05, 4.69) is 22.4 Å². The first-order chi connectivity index (χ1) is 8.88. The van der Waals surface area contributed by atoms with Gasteiger partial charge < -0.3 is 10.1 Å². The molecule has 2 aromatic carbocycles. The van der Waals surface area contributed by atoms with E-state index in [1.165, 1.54) is 0 Å². The van der Waals surface area contributed by atoms with E-state index >= 15 is 0 Å². The fraction of sp³-hybridized carbons (Fsp3) is 0.133. The number of nitrogens with one attached hydrogen (secondary N) is 1. The molecule has 1 unspecified atom stereocenters. The van der Waals surface area contributed by atoms with Crippen molar-refractivity contribution in [2.75, 3.05) is 12.4 Å². The van der Waals surface area contributed by atoms with E-state index in [1.54, 1.807) is 7.11 Å². The Morgan fingerprint density at radius 3 is 2.50 bits per heavy atom. The van der Waals surface area contributed by atoms with Crippen LogP contribution in [0.15, 0.2) is 59.6 Å². The lowest BCUT2D eigenvalue weighted by Crippen LogP contribution is -2.20. The van der Waals surface area contributed by atoms with Gasteiger partial charge in [0.2, 0.25) is 5.90 Å². The molecule has 2 aromatic rings. The highest BCUT2D eigenvalue weighted by atomic mass is 16.5. The first-order valence-electron chi connectivity index (χ1n) is 5.91. The third-order valence-corrected chi connectivity index (χ3v) is 3.00. The summed E-state index contributed by atoms with van der Waals surface area (Å²) in [5, 5.41) is 3.41. The van der Waals surface area contributed by atoms with E-state index < -0.39 is 0 Å². The number of para-hydroxylation sites is 1. The minimum absolute atomic E-state index is 0.0870. The fourth-order valence-electron chi connectivity index (χ4n) is 2.12. The molecule has 0 saturated heterocycles. The van der Waals surface area contributed by atoms with Crippen molar-refractivity contribution >= 4 is 11.6 Å². The number of hydrogen-bond acceptors (Lipinski definition) is 3. The number of ether oxygens (including phenoxy) is 1. The van der Waals surface area contributed by atoms with Crippen LogP contribution in [-0.2, 0) is 4.74 Å². The zero-order valence-electron chi connectivity index (χ0n) is 10.1. The molecule has 1 aliphatic heterocycles. The van der Waals surface area contributed by atoms with Crippen LogP contribution in [0.25, 0.3) is 0 Å². The first-order valence-corrected chi connectivity index (χ1v) is 5.91. The molecule has 1 heterocycles. The molecule has 90 valence electrons. The van der Waals surface area contributed by atoms with Gasteiger partial charge in [-0.05, 0) is 17.7 Å². The highest BCUT2D eigenvalue weighted by molar-refractivity contribution is 6.01. The minimum atomic E-state index is -0.0870. The molecule has 0 aliphatic carbocycles. The molecular weight excluding hydrogens is 224 g/mol. The molecule has 0 spiro atoms. The van der Waals surface area contributed by atoms with Crippen molar-refractivity contribution in [2.24, 2.45) is 4.99 Å². The monoisotopic (exact) mass is 238 g/mol. The molecule has 1 N–H and O–H groups in total. The highest BCUT2D eigenvalue weighted by Gasteiger charge is 2.21. The van der Waals surface area contributed by atoms with Crippen LogP contribution in [0.1, 0.15) is 17.3 Å². The van der Waals surface area contributed by atoms with Gasteiger partial charge in [0.15, 0.2) is 0 Å². The van der Waals surface area contributed by atoms with Crippen LogP contribution in [0, 0.1) is 0 Å². The highest BCUT2D eigenvalue weighted by Crippen LogP contribution is 2.29. The first kappa shape index (κ1) is 10.8. The summed E-state index contributed by atoms with van der Waals surface area (Å²) in [5.41, 5.74) is 3.19. The third-order valence-electron chi connectivity index (χ3n) is 3.00. The molecule has 0 saturated carbocycles. The molecule has 3 heteroatoms. The van der Waals surface area contributed by atoms with Gasteiger partial charge in [-0.1, -0.05) is 42.5 Å². The molecular formula is C15H14N2O. The SMILES string of the molecule is COC1=NC(c2ccccc2)Nc2ccccc21. The number of fused-ring (bicyclic) bond motifs is 1. The van der Waals surface area contributed by atoms with Gasteiger partial charge in [0.1, 0.15) is 6.17 Å². The van der Waals surface area contributed by atoms with E-state index in [9.17, 15) is 0 Å². The molecule has 1 atom stereocenters. The van der Waals surface area contributed by atoms with Crippen molar-refractivity contribution in [3.63, 3.8) is 0 Å². The van der Waals surface area contributed by atoms with Crippen LogP contribution in [0.2, 0.25) is 0 Å². The van der Waals surface area contributed by atoms with Crippen molar-refractivity contribution in [2.45, 2.75) is 6.17 Å². The number of anilines is 1.